The van der Waals surface area contributed by atoms with Crippen LogP contribution in [-0.4, -0.2) is 56.5 Å². The molecular weight excluding hydrogens is 364 g/mol. The van der Waals surface area contributed by atoms with E-state index in [-0.39, 0.29) is 18.2 Å². The van der Waals surface area contributed by atoms with Crippen molar-refractivity contribution in [1.82, 2.24) is 4.90 Å². The highest BCUT2D eigenvalue weighted by Crippen LogP contribution is 2.20. The van der Waals surface area contributed by atoms with Crippen molar-refractivity contribution in [1.29, 1.82) is 0 Å². The average molecular weight is 395 g/mol. The molecule has 1 N–H and O–H groups in total. The lowest BCUT2D eigenvalue weighted by Gasteiger charge is -2.34. The van der Waals surface area contributed by atoms with Crippen LogP contribution in [0.1, 0.15) is 18.9 Å². The monoisotopic (exact) mass is 394 g/mol. The van der Waals surface area contributed by atoms with Crippen molar-refractivity contribution in [3.8, 4) is 0 Å². The molecule has 29 heavy (non-hydrogen) atoms. The third-order valence-electron chi connectivity index (χ3n) is 5.26. The molecule has 0 bridgehead atoms. The zero-order valence-electron chi connectivity index (χ0n) is 17.5. The number of piperazine rings is 1. The van der Waals surface area contributed by atoms with Gasteiger partial charge >= 0.3 is 0 Å². The van der Waals surface area contributed by atoms with E-state index < -0.39 is 0 Å². The van der Waals surface area contributed by atoms with Crippen molar-refractivity contribution in [3.63, 3.8) is 0 Å². The highest BCUT2D eigenvalue weighted by Gasteiger charge is 2.18. The van der Waals surface area contributed by atoms with E-state index in [1.54, 1.807) is 4.90 Å². The van der Waals surface area contributed by atoms with Crippen molar-refractivity contribution in [2.45, 2.75) is 20.3 Å². The molecule has 6 heteroatoms. The van der Waals surface area contributed by atoms with E-state index in [9.17, 15) is 9.59 Å². The SMILES string of the molecule is CCN(C(=O)CC(=O)Nc1ccc(N2CCN(C)CC2)cc1)c1cccc(C)c1. The lowest BCUT2D eigenvalue weighted by atomic mass is 10.2. The molecule has 0 aromatic heterocycles. The molecule has 154 valence electrons. The van der Waals surface area contributed by atoms with Crippen molar-refractivity contribution >= 4 is 28.9 Å². The second kappa shape index (κ2) is 9.56. The van der Waals surface area contributed by atoms with Crippen molar-refractivity contribution in [2.24, 2.45) is 0 Å². The van der Waals surface area contributed by atoms with Gasteiger partial charge in [0.05, 0.1) is 0 Å². The van der Waals surface area contributed by atoms with Gasteiger partial charge in [-0.15, -0.1) is 0 Å². The predicted molar refractivity (Wildman–Crippen MR) is 119 cm³/mol. The largest absolute Gasteiger partial charge is 0.369 e. The molecule has 1 aliphatic heterocycles. The average Bonchev–Trinajstić information content (AvgIpc) is 2.70. The number of aryl methyl sites for hydroxylation is 1. The Morgan fingerprint density at radius 2 is 1.72 bits per heavy atom. The van der Waals surface area contributed by atoms with Crippen LogP contribution in [0.3, 0.4) is 0 Å². The molecule has 0 spiro atoms. The van der Waals surface area contributed by atoms with E-state index in [0.29, 0.717) is 12.2 Å². The van der Waals surface area contributed by atoms with E-state index >= 15 is 0 Å². The maximum atomic E-state index is 12.6. The number of hydrogen-bond acceptors (Lipinski definition) is 4. The summed E-state index contributed by atoms with van der Waals surface area (Å²) in [5.74, 6) is -0.502. The number of nitrogens with one attached hydrogen (secondary N) is 1. The Balaban J connectivity index is 1.56. The Kier molecular flexibility index (Phi) is 6.88. The normalized spacial score (nSPS) is 14.5. The van der Waals surface area contributed by atoms with Gasteiger partial charge in [-0.2, -0.15) is 0 Å². The second-order valence-corrected chi connectivity index (χ2v) is 7.54. The molecule has 0 aliphatic carbocycles. The van der Waals surface area contributed by atoms with Gasteiger partial charge in [0.2, 0.25) is 11.8 Å². The molecular formula is C23H30N4O2. The fourth-order valence-corrected chi connectivity index (χ4v) is 3.56. The Labute approximate surface area is 173 Å². The Hall–Kier alpha value is -2.86. The molecule has 2 amide bonds. The molecule has 0 unspecified atom stereocenters. The number of rotatable bonds is 6. The van der Waals surface area contributed by atoms with Crippen molar-refractivity contribution in [2.75, 3.05) is 54.9 Å². The van der Waals surface area contributed by atoms with Gasteiger partial charge in [-0.05, 0) is 62.9 Å². The summed E-state index contributed by atoms with van der Waals surface area (Å²) in [4.78, 5) is 31.3. The third-order valence-corrected chi connectivity index (χ3v) is 5.26. The number of hydrogen-bond donors (Lipinski definition) is 1. The van der Waals surface area contributed by atoms with Gasteiger partial charge in [0.15, 0.2) is 0 Å². The van der Waals surface area contributed by atoms with Crippen LogP contribution in [0.2, 0.25) is 0 Å². The number of carbonyl (C=O) groups is 2. The van der Waals surface area contributed by atoms with Crippen LogP contribution in [0.15, 0.2) is 48.5 Å². The molecule has 2 aromatic carbocycles. The summed E-state index contributed by atoms with van der Waals surface area (Å²) in [6, 6.07) is 15.6. The predicted octanol–water partition coefficient (Wildman–Crippen LogP) is 3.13. The number of anilines is 3. The minimum atomic E-state index is -0.298. The summed E-state index contributed by atoms with van der Waals surface area (Å²) in [7, 11) is 2.13. The summed E-state index contributed by atoms with van der Waals surface area (Å²) in [6.45, 7) is 8.53. The van der Waals surface area contributed by atoms with Crippen LogP contribution >= 0.6 is 0 Å². The zero-order valence-corrected chi connectivity index (χ0v) is 17.5. The minimum Gasteiger partial charge on any atom is -0.369 e. The van der Waals surface area contributed by atoms with Crippen LogP contribution in [0, 0.1) is 6.92 Å². The smallest absolute Gasteiger partial charge is 0.236 e. The van der Waals surface area contributed by atoms with E-state index in [4.69, 9.17) is 0 Å². The molecule has 2 aromatic rings. The number of carbonyl (C=O) groups excluding carboxylic acids is 2. The molecule has 0 saturated carbocycles. The molecule has 1 heterocycles. The van der Waals surface area contributed by atoms with Crippen LogP contribution in [0.5, 0.6) is 0 Å². The first kappa shape index (κ1) is 20.9. The number of likely N-dealkylation sites (N-methyl/N-ethyl adjacent to an activating group) is 1. The Bertz CT molecular complexity index is 842. The van der Waals surface area contributed by atoms with E-state index in [2.05, 4.69) is 22.2 Å². The van der Waals surface area contributed by atoms with Gasteiger partial charge < -0.3 is 20.0 Å². The quantitative estimate of drug-likeness (QED) is 0.765. The van der Waals surface area contributed by atoms with E-state index in [0.717, 1.165) is 43.1 Å². The number of benzene rings is 2. The molecule has 6 nitrogen and oxygen atoms in total. The summed E-state index contributed by atoms with van der Waals surface area (Å²) >= 11 is 0. The van der Waals surface area contributed by atoms with Crippen molar-refractivity contribution in [3.05, 3.63) is 54.1 Å². The first-order valence-electron chi connectivity index (χ1n) is 10.2. The summed E-state index contributed by atoms with van der Waals surface area (Å²) in [6.07, 6.45) is -0.179. The molecule has 1 aliphatic rings. The Morgan fingerprint density at radius 3 is 2.34 bits per heavy atom. The second-order valence-electron chi connectivity index (χ2n) is 7.54. The Morgan fingerprint density at radius 1 is 1.03 bits per heavy atom. The third kappa shape index (κ3) is 5.57. The zero-order chi connectivity index (χ0) is 20.8. The topological polar surface area (TPSA) is 55.9 Å². The van der Waals surface area contributed by atoms with Crippen LogP contribution < -0.4 is 15.1 Å². The van der Waals surface area contributed by atoms with Gasteiger partial charge in [0.1, 0.15) is 6.42 Å². The van der Waals surface area contributed by atoms with E-state index in [1.807, 2.05) is 62.4 Å². The van der Waals surface area contributed by atoms with Crippen LogP contribution in [0.25, 0.3) is 0 Å². The first-order chi connectivity index (χ1) is 14.0. The molecule has 3 rings (SSSR count). The summed E-state index contributed by atoms with van der Waals surface area (Å²) in [5.41, 5.74) is 3.77. The maximum absolute atomic E-state index is 12.6. The molecule has 1 saturated heterocycles. The van der Waals surface area contributed by atoms with Gasteiger partial charge in [-0.1, -0.05) is 12.1 Å². The summed E-state index contributed by atoms with van der Waals surface area (Å²) < 4.78 is 0. The van der Waals surface area contributed by atoms with E-state index in [1.165, 1.54) is 0 Å². The fourth-order valence-electron chi connectivity index (χ4n) is 3.56. The standard InChI is InChI=1S/C23H30N4O2/c1-4-27(21-7-5-6-18(2)16-21)23(29)17-22(28)24-19-8-10-20(11-9-19)26-14-12-25(3)13-15-26/h5-11,16H,4,12-15,17H2,1-3H3,(H,24,28). The highest BCUT2D eigenvalue weighted by molar-refractivity contribution is 6.09. The molecule has 0 atom stereocenters. The lowest BCUT2D eigenvalue weighted by Crippen LogP contribution is -2.44. The molecule has 0 radical (unpaired) electrons. The highest BCUT2D eigenvalue weighted by atomic mass is 16.2. The number of nitrogens with zero attached hydrogens (tertiary/aromatic N) is 3. The fraction of sp³-hybridized carbons (Fsp3) is 0.391. The minimum absolute atomic E-state index is 0.179. The van der Waals surface area contributed by atoms with Gasteiger partial charge in [0, 0.05) is 49.8 Å². The lowest BCUT2D eigenvalue weighted by molar-refractivity contribution is -0.125. The van der Waals surface area contributed by atoms with Crippen molar-refractivity contribution < 1.29 is 9.59 Å². The maximum Gasteiger partial charge on any atom is 0.236 e. The van der Waals surface area contributed by atoms with Gasteiger partial charge in [-0.3, -0.25) is 9.59 Å². The van der Waals surface area contributed by atoms with Crippen LogP contribution in [0.4, 0.5) is 17.1 Å². The van der Waals surface area contributed by atoms with Gasteiger partial charge in [0.25, 0.3) is 0 Å². The first-order valence-corrected chi connectivity index (χ1v) is 10.2. The number of amides is 2. The summed E-state index contributed by atoms with van der Waals surface area (Å²) in [5, 5.41) is 2.84. The van der Waals surface area contributed by atoms with Crippen LogP contribution in [-0.2, 0) is 9.59 Å². The molecule has 1 fully saturated rings. The van der Waals surface area contributed by atoms with Gasteiger partial charge in [-0.25, -0.2) is 0 Å².